The molecule has 0 fully saturated rings. The lowest BCUT2D eigenvalue weighted by molar-refractivity contribution is 0.475. The molecular formula is C17H17N5O2. The number of hydrogen-bond acceptors (Lipinski definition) is 5. The van der Waals surface area contributed by atoms with Crippen molar-refractivity contribution in [1.29, 1.82) is 0 Å². The van der Waals surface area contributed by atoms with Crippen molar-refractivity contribution in [1.82, 2.24) is 19.7 Å². The molecule has 0 bridgehead atoms. The van der Waals surface area contributed by atoms with Gasteiger partial charge in [0.1, 0.15) is 11.1 Å². The zero-order valence-corrected chi connectivity index (χ0v) is 13.2. The van der Waals surface area contributed by atoms with E-state index in [1.165, 1.54) is 11.8 Å². The highest BCUT2D eigenvalue weighted by Gasteiger charge is 2.17. The molecule has 0 atom stereocenters. The Morgan fingerprint density at radius 3 is 2.75 bits per heavy atom. The monoisotopic (exact) mass is 323 g/mol. The fourth-order valence-corrected chi connectivity index (χ4v) is 2.97. The molecule has 3 heterocycles. The largest absolute Gasteiger partial charge is 0.508 e. The molecule has 4 rings (SSSR count). The predicted molar refractivity (Wildman–Crippen MR) is 92.0 cm³/mol. The van der Waals surface area contributed by atoms with E-state index >= 15 is 0 Å². The lowest BCUT2D eigenvalue weighted by atomic mass is 9.99. The molecular weight excluding hydrogens is 306 g/mol. The summed E-state index contributed by atoms with van der Waals surface area (Å²) in [5.74, 6) is 0.833. The molecule has 0 saturated carbocycles. The van der Waals surface area contributed by atoms with Crippen molar-refractivity contribution in [3.05, 3.63) is 52.5 Å². The number of H-pyrrole nitrogens is 1. The van der Waals surface area contributed by atoms with Gasteiger partial charge in [0.2, 0.25) is 5.95 Å². The number of aryl methyl sites for hydroxylation is 1. The quantitative estimate of drug-likeness (QED) is 0.749. The van der Waals surface area contributed by atoms with Crippen molar-refractivity contribution >= 4 is 22.6 Å². The molecule has 1 aliphatic rings. The molecule has 1 aliphatic heterocycles. The average Bonchev–Trinajstić information content (AvgIpc) is 2.98. The van der Waals surface area contributed by atoms with E-state index in [4.69, 9.17) is 0 Å². The van der Waals surface area contributed by atoms with Gasteiger partial charge in [-0.1, -0.05) is 18.2 Å². The van der Waals surface area contributed by atoms with Crippen LogP contribution in [0.5, 0.6) is 5.75 Å². The van der Waals surface area contributed by atoms with Crippen molar-refractivity contribution in [3.63, 3.8) is 0 Å². The molecule has 0 aliphatic carbocycles. The van der Waals surface area contributed by atoms with Crippen LogP contribution in [0.15, 0.2) is 41.3 Å². The number of aromatic nitrogens is 4. The molecule has 24 heavy (non-hydrogen) atoms. The van der Waals surface area contributed by atoms with Crippen molar-refractivity contribution < 1.29 is 5.11 Å². The third-order valence-electron chi connectivity index (χ3n) is 4.34. The van der Waals surface area contributed by atoms with Crippen LogP contribution in [0.4, 0.5) is 5.95 Å². The molecule has 0 radical (unpaired) electrons. The number of aromatic amines is 1. The molecule has 0 amide bonds. The van der Waals surface area contributed by atoms with Crippen LogP contribution < -0.4 is 10.5 Å². The zero-order valence-electron chi connectivity index (χ0n) is 13.2. The van der Waals surface area contributed by atoms with Gasteiger partial charge in [-0.25, -0.2) is 0 Å². The second-order valence-corrected chi connectivity index (χ2v) is 5.87. The normalized spacial score (nSPS) is 14.9. The van der Waals surface area contributed by atoms with Crippen LogP contribution in [-0.4, -0.2) is 37.9 Å². The summed E-state index contributed by atoms with van der Waals surface area (Å²) in [6, 6.07) is 7.22. The Morgan fingerprint density at radius 2 is 2.04 bits per heavy atom. The molecule has 2 aromatic heterocycles. The van der Waals surface area contributed by atoms with Gasteiger partial charge in [-0.15, -0.1) is 0 Å². The van der Waals surface area contributed by atoms with Crippen LogP contribution in [0.3, 0.4) is 0 Å². The van der Waals surface area contributed by atoms with Crippen molar-refractivity contribution in [2.75, 3.05) is 18.0 Å². The summed E-state index contributed by atoms with van der Waals surface area (Å²) in [7, 11) is 1.78. The number of phenols is 1. The van der Waals surface area contributed by atoms with E-state index < -0.39 is 0 Å². The van der Waals surface area contributed by atoms with E-state index in [1.54, 1.807) is 23.9 Å². The molecule has 2 N–H and O–H groups in total. The van der Waals surface area contributed by atoms with E-state index in [0.717, 1.165) is 18.5 Å². The fraction of sp³-hybridized carbons (Fsp3) is 0.235. The Morgan fingerprint density at radius 1 is 1.25 bits per heavy atom. The third-order valence-corrected chi connectivity index (χ3v) is 4.34. The molecule has 1 aromatic carbocycles. The minimum atomic E-state index is -0.170. The van der Waals surface area contributed by atoms with E-state index in [0.29, 0.717) is 23.5 Å². The van der Waals surface area contributed by atoms with Gasteiger partial charge in [-0.2, -0.15) is 10.1 Å². The molecule has 0 unspecified atom stereocenters. The number of anilines is 1. The zero-order chi connectivity index (χ0) is 16.7. The van der Waals surface area contributed by atoms with E-state index in [-0.39, 0.29) is 11.3 Å². The first-order chi connectivity index (χ1) is 11.6. The van der Waals surface area contributed by atoms with Crippen LogP contribution >= 0.6 is 0 Å². The summed E-state index contributed by atoms with van der Waals surface area (Å²) >= 11 is 0. The lowest BCUT2D eigenvalue weighted by Gasteiger charge is -2.27. The number of fused-ring (bicyclic) bond motifs is 1. The average molecular weight is 323 g/mol. The highest BCUT2D eigenvalue weighted by atomic mass is 16.3. The standard InChI is InChI=1S/C17H17N5O2/c1-21-15-14(10-18-21)16(24)20-17(19-15)22-8-6-12(7-9-22)11-2-4-13(23)5-3-11/h2-6,10,23H,7-9H2,1H3,(H,19,20,24). The van der Waals surface area contributed by atoms with Gasteiger partial charge >= 0.3 is 0 Å². The van der Waals surface area contributed by atoms with Gasteiger partial charge in [0, 0.05) is 20.1 Å². The summed E-state index contributed by atoms with van der Waals surface area (Å²) in [5.41, 5.74) is 2.75. The van der Waals surface area contributed by atoms with E-state index in [1.807, 2.05) is 17.0 Å². The summed E-state index contributed by atoms with van der Waals surface area (Å²) in [4.78, 5) is 21.6. The Labute approximate surface area is 137 Å². The maximum atomic E-state index is 12.2. The van der Waals surface area contributed by atoms with Crippen molar-refractivity contribution in [2.45, 2.75) is 6.42 Å². The Hall–Kier alpha value is -3.09. The van der Waals surface area contributed by atoms with Gasteiger partial charge in [-0.3, -0.25) is 14.5 Å². The summed E-state index contributed by atoms with van der Waals surface area (Å²) in [6.45, 7) is 1.43. The smallest absolute Gasteiger partial charge is 0.263 e. The van der Waals surface area contributed by atoms with Gasteiger partial charge < -0.3 is 10.0 Å². The molecule has 7 nitrogen and oxygen atoms in total. The highest BCUT2D eigenvalue weighted by molar-refractivity contribution is 5.75. The van der Waals surface area contributed by atoms with Crippen LogP contribution in [0.1, 0.15) is 12.0 Å². The number of phenolic OH excluding ortho intramolecular Hbond substituents is 1. The Kier molecular flexibility index (Phi) is 3.34. The van der Waals surface area contributed by atoms with Gasteiger partial charge in [0.05, 0.1) is 6.20 Å². The second kappa shape index (κ2) is 5.52. The summed E-state index contributed by atoms with van der Waals surface area (Å²) < 4.78 is 1.61. The van der Waals surface area contributed by atoms with E-state index in [9.17, 15) is 9.90 Å². The fourth-order valence-electron chi connectivity index (χ4n) is 2.97. The number of nitrogens with zero attached hydrogens (tertiary/aromatic N) is 4. The van der Waals surface area contributed by atoms with Crippen LogP contribution in [-0.2, 0) is 7.05 Å². The predicted octanol–water partition coefficient (Wildman–Crippen LogP) is 1.66. The lowest BCUT2D eigenvalue weighted by Crippen LogP contribution is -2.31. The number of benzene rings is 1. The molecule has 0 saturated heterocycles. The molecule has 0 spiro atoms. The Bertz CT molecular complexity index is 984. The number of aromatic hydroxyl groups is 1. The topological polar surface area (TPSA) is 87.0 Å². The van der Waals surface area contributed by atoms with Crippen molar-refractivity contribution in [3.8, 4) is 5.75 Å². The van der Waals surface area contributed by atoms with Gasteiger partial charge in [0.15, 0.2) is 5.65 Å². The first kappa shape index (κ1) is 14.5. The summed E-state index contributed by atoms with van der Waals surface area (Å²) in [6.07, 6.45) is 4.51. The number of nitrogens with one attached hydrogen (secondary N) is 1. The van der Waals surface area contributed by atoms with Crippen LogP contribution in [0.2, 0.25) is 0 Å². The van der Waals surface area contributed by atoms with Crippen LogP contribution in [0, 0.1) is 0 Å². The summed E-state index contributed by atoms with van der Waals surface area (Å²) in [5, 5.41) is 14.0. The molecule has 122 valence electrons. The first-order valence-electron chi connectivity index (χ1n) is 7.77. The van der Waals surface area contributed by atoms with Crippen molar-refractivity contribution in [2.24, 2.45) is 7.05 Å². The molecule has 7 heteroatoms. The maximum Gasteiger partial charge on any atom is 0.263 e. The Balaban J connectivity index is 1.62. The minimum absolute atomic E-state index is 0.170. The SMILES string of the molecule is Cn1ncc2c(=O)[nH]c(N3CC=C(c4ccc(O)cc4)CC3)nc21. The first-order valence-corrected chi connectivity index (χ1v) is 7.77. The van der Waals surface area contributed by atoms with Crippen LogP contribution in [0.25, 0.3) is 16.6 Å². The minimum Gasteiger partial charge on any atom is -0.508 e. The number of hydrogen-bond donors (Lipinski definition) is 2. The van der Waals surface area contributed by atoms with Gasteiger partial charge in [0.25, 0.3) is 5.56 Å². The maximum absolute atomic E-state index is 12.2. The third kappa shape index (κ3) is 2.44. The number of rotatable bonds is 2. The second-order valence-electron chi connectivity index (χ2n) is 5.87. The molecule has 3 aromatic rings. The van der Waals surface area contributed by atoms with Gasteiger partial charge in [-0.05, 0) is 29.7 Å². The van der Waals surface area contributed by atoms with E-state index in [2.05, 4.69) is 21.1 Å². The highest BCUT2D eigenvalue weighted by Crippen LogP contribution is 2.25.